The summed E-state index contributed by atoms with van der Waals surface area (Å²) >= 11 is 0. The number of rotatable bonds is 1. The van der Waals surface area contributed by atoms with Crippen molar-refractivity contribution in [2.24, 2.45) is 5.41 Å². The minimum Gasteiger partial charge on any atom is -0.385 e. The molecule has 0 bridgehead atoms. The zero-order valence-corrected chi connectivity index (χ0v) is 10.1. The molecule has 0 N–H and O–H groups in total. The summed E-state index contributed by atoms with van der Waals surface area (Å²) in [6.07, 6.45) is 9.05. The van der Waals surface area contributed by atoms with Crippen LogP contribution >= 0.6 is 0 Å². The van der Waals surface area contributed by atoms with Crippen molar-refractivity contribution in [3.05, 3.63) is 30.7 Å². The van der Waals surface area contributed by atoms with E-state index in [4.69, 9.17) is 4.74 Å². The maximum atomic E-state index is 5.15. The molecule has 0 aromatic heterocycles. The first kappa shape index (κ1) is 10.6. The maximum Gasteiger partial charge on any atom is 0.0307 e. The van der Waals surface area contributed by atoms with Crippen molar-refractivity contribution < 1.29 is 37.4 Å². The second-order valence-electron chi connectivity index (χ2n) is 3.41. The number of hydrogen-bond acceptors (Lipinski definition) is 1. The van der Waals surface area contributed by atoms with Crippen LogP contribution in [0.4, 0.5) is 0 Å². The zero-order chi connectivity index (χ0) is 7.73. The summed E-state index contributed by atoms with van der Waals surface area (Å²) in [5, 5.41) is 0. The van der Waals surface area contributed by atoms with Gasteiger partial charge in [-0.25, -0.2) is 0 Å². The van der Waals surface area contributed by atoms with Crippen molar-refractivity contribution in [3.63, 3.8) is 0 Å². The first-order chi connectivity index (χ1) is 5.31. The average molecular weight is 238 g/mol. The minimum absolute atomic E-state index is 0. The van der Waals surface area contributed by atoms with E-state index < -0.39 is 0 Å². The Labute approximate surface area is 99.1 Å². The molecular weight excluding hydrogens is 225 g/mol. The van der Waals surface area contributed by atoms with Gasteiger partial charge in [0.15, 0.2) is 0 Å². The van der Waals surface area contributed by atoms with Crippen LogP contribution in [0.2, 0.25) is 0 Å². The van der Waals surface area contributed by atoms with E-state index in [0.717, 1.165) is 13.2 Å². The van der Waals surface area contributed by atoms with Crippen LogP contribution in [0, 0.1) is 12.3 Å². The van der Waals surface area contributed by atoms with Gasteiger partial charge in [-0.3, -0.25) is 0 Å². The largest absolute Gasteiger partial charge is 0.385 e. The molecule has 1 radical (unpaired) electrons. The summed E-state index contributed by atoms with van der Waals surface area (Å²) in [5.74, 6) is 0. The van der Waals surface area contributed by atoms with Gasteiger partial charge in [0.1, 0.15) is 0 Å². The molecule has 2 rings (SSSR count). The van der Waals surface area contributed by atoms with Crippen molar-refractivity contribution in [2.75, 3.05) is 13.2 Å². The molecule has 1 heterocycles. The number of hydrogen-bond donors (Lipinski definition) is 0. The van der Waals surface area contributed by atoms with Gasteiger partial charge in [0.2, 0.25) is 0 Å². The summed E-state index contributed by atoms with van der Waals surface area (Å²) < 4.78 is 5.15. The molecule has 0 unspecified atom stereocenters. The fourth-order valence-electron chi connectivity index (χ4n) is 1.52. The van der Waals surface area contributed by atoms with E-state index in [9.17, 15) is 0 Å². The van der Waals surface area contributed by atoms with Gasteiger partial charge < -0.3 is 11.7 Å². The topological polar surface area (TPSA) is 9.23 Å². The molecule has 0 atom stereocenters. The van der Waals surface area contributed by atoms with Crippen LogP contribution in [0.25, 0.3) is 0 Å². The van der Waals surface area contributed by atoms with E-state index in [1.807, 2.05) is 0 Å². The predicted molar refractivity (Wildman–Crippen MR) is 45.1 cm³/mol. The Bertz CT molecular complexity index is 214. The summed E-state index contributed by atoms with van der Waals surface area (Å²) in [7, 11) is 0. The van der Waals surface area contributed by atoms with Gasteiger partial charge in [-0.15, -0.1) is 0 Å². The van der Waals surface area contributed by atoms with E-state index in [1.54, 1.807) is 0 Å². The Kier molecular flexibility index (Phi) is 3.69. The predicted octanol–water partition coefficient (Wildman–Crippen LogP) is 2.11. The minimum atomic E-state index is 0. The Morgan fingerprint density at radius 2 is 2.08 bits per heavy atom. The molecule has 1 aliphatic carbocycles. The average Bonchev–Trinajstić information content (AvgIpc) is 2.02. The third-order valence-corrected chi connectivity index (χ3v) is 2.36. The van der Waals surface area contributed by atoms with Gasteiger partial charge in [-0.2, -0.15) is 0 Å². The molecule has 0 spiro atoms. The smallest absolute Gasteiger partial charge is 0.0307 e. The molecule has 0 aromatic carbocycles. The molecule has 12 heavy (non-hydrogen) atoms. The van der Waals surface area contributed by atoms with Gasteiger partial charge in [-0.05, 0) is 12.8 Å². The summed E-state index contributed by atoms with van der Waals surface area (Å²) in [6.45, 7) is 5.74. The molecule has 0 saturated carbocycles. The molecule has 0 amide bonds. The number of allylic oxidation sites excluding steroid dienone is 3. The summed E-state index contributed by atoms with van der Waals surface area (Å²) in [6, 6.07) is 0. The SMILES string of the molecule is [CH2-]C1(C2=CCCC=C2)COC1.[Y]. The third-order valence-electron chi connectivity index (χ3n) is 2.36. The quantitative estimate of drug-likeness (QED) is 0.636. The molecule has 1 saturated heterocycles. The van der Waals surface area contributed by atoms with Gasteiger partial charge >= 0.3 is 0 Å². The van der Waals surface area contributed by atoms with Crippen molar-refractivity contribution >= 4 is 0 Å². The van der Waals surface area contributed by atoms with Crippen LogP contribution in [-0.4, -0.2) is 13.2 Å². The maximum absolute atomic E-state index is 5.15. The van der Waals surface area contributed by atoms with E-state index in [1.165, 1.54) is 18.4 Å². The van der Waals surface area contributed by atoms with Crippen molar-refractivity contribution in [1.82, 2.24) is 0 Å². The van der Waals surface area contributed by atoms with Gasteiger partial charge in [0.05, 0.1) is 0 Å². The fourth-order valence-corrected chi connectivity index (χ4v) is 1.52. The van der Waals surface area contributed by atoms with Crippen molar-refractivity contribution in [3.8, 4) is 0 Å². The monoisotopic (exact) mass is 238 g/mol. The van der Waals surface area contributed by atoms with Crippen LogP contribution in [0.1, 0.15) is 12.8 Å². The van der Waals surface area contributed by atoms with Crippen molar-refractivity contribution in [1.29, 1.82) is 0 Å². The van der Waals surface area contributed by atoms with Crippen LogP contribution in [0.5, 0.6) is 0 Å². The first-order valence-corrected chi connectivity index (χ1v) is 4.12. The second-order valence-corrected chi connectivity index (χ2v) is 3.41. The molecule has 1 aliphatic heterocycles. The van der Waals surface area contributed by atoms with Crippen LogP contribution in [0.3, 0.4) is 0 Å². The Morgan fingerprint density at radius 3 is 2.50 bits per heavy atom. The molecule has 2 aliphatic rings. The molecule has 0 aromatic rings. The third kappa shape index (κ3) is 1.89. The van der Waals surface area contributed by atoms with Crippen LogP contribution in [0.15, 0.2) is 23.8 Å². The molecule has 1 fully saturated rings. The Hall–Kier alpha value is 0.544. The normalized spacial score (nSPS) is 25.2. The van der Waals surface area contributed by atoms with E-state index >= 15 is 0 Å². The van der Waals surface area contributed by atoms with E-state index in [0.29, 0.717) is 0 Å². The van der Waals surface area contributed by atoms with Crippen LogP contribution in [-0.2, 0) is 37.4 Å². The number of ether oxygens (including phenoxy) is 1. The van der Waals surface area contributed by atoms with Gasteiger partial charge in [0.25, 0.3) is 0 Å². The standard InChI is InChI=1S/C10H13O.Y/c1-10(7-11-8-10)9-5-3-2-4-6-9;/h3,5-6H,1-2,4,7-8H2;/q-1;. The molecular formula is C10H13OY-. The molecule has 1 nitrogen and oxygen atoms in total. The molecule has 2 heteroatoms. The van der Waals surface area contributed by atoms with E-state index in [2.05, 4.69) is 25.2 Å². The Balaban J connectivity index is 0.000000720. The second kappa shape index (κ2) is 4.17. The Morgan fingerprint density at radius 1 is 1.33 bits per heavy atom. The fraction of sp³-hybridized carbons (Fsp3) is 0.500. The van der Waals surface area contributed by atoms with Gasteiger partial charge in [0, 0.05) is 45.9 Å². The van der Waals surface area contributed by atoms with Gasteiger partial charge in [-0.1, -0.05) is 29.2 Å². The summed E-state index contributed by atoms with van der Waals surface area (Å²) in [5.41, 5.74) is 1.46. The molecule has 63 valence electrons. The first-order valence-electron chi connectivity index (χ1n) is 4.12. The van der Waals surface area contributed by atoms with Crippen molar-refractivity contribution in [2.45, 2.75) is 12.8 Å². The van der Waals surface area contributed by atoms with E-state index in [-0.39, 0.29) is 38.1 Å². The zero-order valence-electron chi connectivity index (χ0n) is 7.25. The van der Waals surface area contributed by atoms with Crippen LogP contribution < -0.4 is 0 Å². The summed E-state index contributed by atoms with van der Waals surface area (Å²) in [4.78, 5) is 0.